The Kier molecular flexibility index (Phi) is 6.60. The Hall–Kier alpha value is -4.13. The Morgan fingerprint density at radius 1 is 1.06 bits per heavy atom. The van der Waals surface area contributed by atoms with Crippen LogP contribution in [0, 0.1) is 0 Å². The van der Waals surface area contributed by atoms with E-state index < -0.39 is 17.7 Å². The van der Waals surface area contributed by atoms with Crippen molar-refractivity contribution >= 4 is 34.0 Å². The van der Waals surface area contributed by atoms with Crippen LogP contribution in [0.2, 0.25) is 0 Å². The van der Waals surface area contributed by atoms with E-state index in [0.717, 1.165) is 16.5 Å². The first-order chi connectivity index (χ1) is 16.6. The summed E-state index contributed by atoms with van der Waals surface area (Å²) in [5.41, 5.74) is 2.35. The van der Waals surface area contributed by atoms with Crippen molar-refractivity contribution in [1.82, 2.24) is 4.98 Å². The zero-order valence-electron chi connectivity index (χ0n) is 20.2. The second-order valence-electron chi connectivity index (χ2n) is 9.21. The van der Waals surface area contributed by atoms with E-state index >= 15 is 0 Å². The van der Waals surface area contributed by atoms with Crippen molar-refractivity contribution in [3.05, 3.63) is 72.3 Å². The quantitative estimate of drug-likeness (QED) is 0.230. The fourth-order valence-corrected chi connectivity index (χ4v) is 3.47. The number of furan rings is 1. The molecule has 0 aliphatic rings. The summed E-state index contributed by atoms with van der Waals surface area (Å²) >= 11 is 0. The highest BCUT2D eigenvalue weighted by Gasteiger charge is 2.25. The van der Waals surface area contributed by atoms with Crippen LogP contribution in [0.5, 0.6) is 5.75 Å². The molecule has 0 fully saturated rings. The van der Waals surface area contributed by atoms with Gasteiger partial charge in [-0.2, -0.15) is 0 Å². The van der Waals surface area contributed by atoms with Crippen LogP contribution in [0.1, 0.15) is 33.3 Å². The van der Waals surface area contributed by atoms with Gasteiger partial charge in [-0.15, -0.1) is 0 Å². The minimum atomic E-state index is -0.835. The number of rotatable bonds is 6. The lowest BCUT2D eigenvalue weighted by molar-refractivity contribution is -0.138. The largest absolute Gasteiger partial charge is 0.514 e. The number of nitrogens with zero attached hydrogens (tertiary/aromatic N) is 1. The number of carbonyl (C=O) groups is 2. The average molecular weight is 474 g/mol. The molecular formula is C28H27NO6. The molecule has 7 heteroatoms. The van der Waals surface area contributed by atoms with E-state index in [0.29, 0.717) is 34.4 Å². The molecule has 0 saturated carbocycles. The number of ether oxygens (including phenoxy) is 3. The maximum atomic E-state index is 12.5. The zero-order valence-corrected chi connectivity index (χ0v) is 20.2. The molecule has 0 aliphatic heterocycles. The standard InChI is InChI=1S/C28H27NO6/c1-17(2)26(30)32-15-14-18-10-12-20-23(16-18)33-25(24(20)34-27(31)35-28(3,4)5)22-13-11-19-8-6-7-9-21(19)29-22/h6-13,16H,1,14-15H2,2-5H3. The maximum absolute atomic E-state index is 12.5. The van der Waals surface area contributed by atoms with Crippen LogP contribution < -0.4 is 4.74 Å². The summed E-state index contributed by atoms with van der Waals surface area (Å²) in [6.45, 7) is 10.7. The fraction of sp³-hybridized carbons (Fsp3) is 0.250. The van der Waals surface area contributed by atoms with Gasteiger partial charge in [0.05, 0.1) is 17.5 Å². The normalized spacial score (nSPS) is 11.4. The lowest BCUT2D eigenvalue weighted by atomic mass is 10.1. The van der Waals surface area contributed by atoms with Gasteiger partial charge in [-0.3, -0.25) is 0 Å². The molecule has 2 aromatic carbocycles. The van der Waals surface area contributed by atoms with Crippen LogP contribution in [0.25, 0.3) is 33.3 Å². The monoisotopic (exact) mass is 473 g/mol. The Balaban J connectivity index is 1.71. The highest BCUT2D eigenvalue weighted by Crippen LogP contribution is 2.40. The third-order valence-corrected chi connectivity index (χ3v) is 5.09. The van der Waals surface area contributed by atoms with E-state index in [4.69, 9.17) is 23.6 Å². The molecule has 0 spiro atoms. The van der Waals surface area contributed by atoms with E-state index in [1.165, 1.54) is 0 Å². The number of para-hydroxylation sites is 1. The molecule has 0 N–H and O–H groups in total. The van der Waals surface area contributed by atoms with Crippen molar-refractivity contribution in [2.45, 2.75) is 39.7 Å². The lowest BCUT2D eigenvalue weighted by Gasteiger charge is -2.18. The third kappa shape index (κ3) is 5.69. The number of aromatic nitrogens is 1. The molecule has 2 heterocycles. The van der Waals surface area contributed by atoms with Gasteiger partial charge >= 0.3 is 12.1 Å². The molecule has 4 rings (SSSR count). The van der Waals surface area contributed by atoms with Crippen LogP contribution >= 0.6 is 0 Å². The molecule has 2 aromatic heterocycles. The Morgan fingerprint density at radius 3 is 2.57 bits per heavy atom. The molecule has 4 aromatic rings. The molecule has 0 radical (unpaired) electrons. The summed E-state index contributed by atoms with van der Waals surface area (Å²) in [5, 5.41) is 1.58. The Morgan fingerprint density at radius 2 is 1.83 bits per heavy atom. The average Bonchev–Trinajstić information content (AvgIpc) is 3.14. The summed E-state index contributed by atoms with van der Waals surface area (Å²) in [5.74, 6) is 0.126. The van der Waals surface area contributed by atoms with Crippen molar-refractivity contribution in [1.29, 1.82) is 0 Å². The maximum Gasteiger partial charge on any atom is 0.514 e. The zero-order chi connectivity index (χ0) is 25.2. The SMILES string of the molecule is C=C(C)C(=O)OCCc1ccc2c(OC(=O)OC(C)(C)C)c(-c3ccc4ccccc4n3)oc2c1. The predicted molar refractivity (Wildman–Crippen MR) is 133 cm³/mol. The van der Waals surface area contributed by atoms with Crippen LogP contribution in [-0.4, -0.2) is 29.3 Å². The third-order valence-electron chi connectivity index (χ3n) is 5.09. The molecule has 0 bridgehead atoms. The topological polar surface area (TPSA) is 87.9 Å². The second-order valence-corrected chi connectivity index (χ2v) is 9.21. The fourth-order valence-electron chi connectivity index (χ4n) is 3.47. The van der Waals surface area contributed by atoms with Crippen LogP contribution in [0.4, 0.5) is 4.79 Å². The molecule has 0 aliphatic carbocycles. The van der Waals surface area contributed by atoms with Gasteiger partial charge in [0, 0.05) is 17.4 Å². The van der Waals surface area contributed by atoms with Crippen LogP contribution in [0.3, 0.4) is 0 Å². The van der Waals surface area contributed by atoms with Crippen LogP contribution in [0.15, 0.2) is 71.2 Å². The van der Waals surface area contributed by atoms with Crippen molar-refractivity contribution in [2.24, 2.45) is 0 Å². The number of benzene rings is 2. The summed E-state index contributed by atoms with van der Waals surface area (Å²) < 4.78 is 22.4. The van der Waals surface area contributed by atoms with Crippen molar-refractivity contribution in [2.75, 3.05) is 6.61 Å². The van der Waals surface area contributed by atoms with Gasteiger partial charge in [0.1, 0.15) is 16.9 Å². The van der Waals surface area contributed by atoms with Gasteiger partial charge < -0.3 is 18.6 Å². The van der Waals surface area contributed by atoms with E-state index in [1.807, 2.05) is 48.5 Å². The first kappa shape index (κ1) is 24.0. The summed E-state index contributed by atoms with van der Waals surface area (Å²) in [6.07, 6.45) is -0.348. The van der Waals surface area contributed by atoms with Crippen molar-refractivity contribution < 1.29 is 28.2 Å². The highest BCUT2D eigenvalue weighted by molar-refractivity contribution is 5.94. The molecule has 0 amide bonds. The van der Waals surface area contributed by atoms with Crippen LogP contribution in [-0.2, 0) is 20.7 Å². The Labute approximate surface area is 203 Å². The van der Waals surface area contributed by atoms with Gasteiger partial charge in [-0.05, 0) is 57.5 Å². The first-order valence-corrected chi connectivity index (χ1v) is 11.3. The number of pyridine rings is 1. The molecular weight excluding hydrogens is 446 g/mol. The second kappa shape index (κ2) is 9.62. The predicted octanol–water partition coefficient (Wildman–Crippen LogP) is 6.62. The summed E-state index contributed by atoms with van der Waals surface area (Å²) in [6, 6.07) is 17.0. The highest BCUT2D eigenvalue weighted by atomic mass is 16.7. The van der Waals surface area contributed by atoms with E-state index in [1.54, 1.807) is 33.8 Å². The minimum Gasteiger partial charge on any atom is -0.462 e. The van der Waals surface area contributed by atoms with E-state index in [9.17, 15) is 9.59 Å². The van der Waals surface area contributed by atoms with Crippen molar-refractivity contribution in [3.8, 4) is 17.2 Å². The number of hydrogen-bond donors (Lipinski definition) is 0. The van der Waals surface area contributed by atoms with Crippen molar-refractivity contribution in [3.63, 3.8) is 0 Å². The van der Waals surface area contributed by atoms with Gasteiger partial charge in [0.25, 0.3) is 0 Å². The molecule has 35 heavy (non-hydrogen) atoms. The number of esters is 1. The van der Waals surface area contributed by atoms with E-state index in [2.05, 4.69) is 6.58 Å². The summed E-state index contributed by atoms with van der Waals surface area (Å²) in [7, 11) is 0. The summed E-state index contributed by atoms with van der Waals surface area (Å²) in [4.78, 5) is 28.9. The van der Waals surface area contributed by atoms with Gasteiger partial charge in [0.15, 0.2) is 11.5 Å². The molecule has 0 saturated heterocycles. The van der Waals surface area contributed by atoms with E-state index in [-0.39, 0.29) is 12.4 Å². The minimum absolute atomic E-state index is 0.207. The number of carbonyl (C=O) groups excluding carboxylic acids is 2. The number of fused-ring (bicyclic) bond motifs is 2. The molecule has 0 unspecified atom stereocenters. The van der Waals surface area contributed by atoms with Gasteiger partial charge in [-0.25, -0.2) is 14.6 Å². The number of hydrogen-bond acceptors (Lipinski definition) is 7. The lowest BCUT2D eigenvalue weighted by Crippen LogP contribution is -2.26. The molecule has 7 nitrogen and oxygen atoms in total. The first-order valence-electron chi connectivity index (χ1n) is 11.3. The smallest absolute Gasteiger partial charge is 0.462 e. The molecule has 180 valence electrons. The molecule has 0 atom stereocenters. The van der Waals surface area contributed by atoms with Gasteiger partial charge in [-0.1, -0.05) is 36.9 Å². The van der Waals surface area contributed by atoms with Gasteiger partial charge in [0.2, 0.25) is 0 Å². The Bertz CT molecular complexity index is 1430.